The van der Waals surface area contributed by atoms with Crippen molar-refractivity contribution >= 4 is 11.8 Å². The largest absolute Gasteiger partial charge is 0.353 e. The third-order valence-electron chi connectivity index (χ3n) is 1.95. The molecule has 0 atom stereocenters. The van der Waals surface area contributed by atoms with Gasteiger partial charge in [0.25, 0.3) is 5.91 Å². The van der Waals surface area contributed by atoms with E-state index in [0.29, 0.717) is 18.7 Å². The average molecular weight is 221 g/mol. The highest BCUT2D eigenvalue weighted by Gasteiger charge is 2.02. The quantitative estimate of drug-likeness (QED) is 0.585. The summed E-state index contributed by atoms with van der Waals surface area (Å²) >= 11 is 0. The first-order chi connectivity index (χ1) is 7.74. The lowest BCUT2D eigenvalue weighted by molar-refractivity contribution is -0.119. The number of hydrogen-bond donors (Lipinski definition) is 3. The van der Waals surface area contributed by atoms with Crippen LogP contribution in [-0.4, -0.2) is 31.4 Å². The third-order valence-corrected chi connectivity index (χ3v) is 1.95. The zero-order valence-corrected chi connectivity index (χ0v) is 8.90. The lowest BCUT2D eigenvalue weighted by Crippen LogP contribution is -2.37. The number of rotatable bonds is 5. The van der Waals surface area contributed by atoms with Crippen LogP contribution in [0.25, 0.3) is 0 Å². The Bertz CT molecular complexity index is 352. The zero-order chi connectivity index (χ0) is 11.8. The molecule has 0 spiro atoms. The van der Waals surface area contributed by atoms with Crippen molar-refractivity contribution in [3.05, 3.63) is 35.9 Å². The van der Waals surface area contributed by atoms with Crippen LogP contribution in [-0.2, 0) is 4.79 Å². The van der Waals surface area contributed by atoms with Gasteiger partial charge in [-0.1, -0.05) is 18.2 Å². The van der Waals surface area contributed by atoms with Crippen molar-refractivity contribution in [2.45, 2.75) is 0 Å². The van der Waals surface area contributed by atoms with Crippen molar-refractivity contribution in [2.24, 2.45) is 5.73 Å². The molecule has 4 N–H and O–H groups in total. The van der Waals surface area contributed by atoms with Crippen LogP contribution in [0.2, 0.25) is 0 Å². The molecule has 5 heteroatoms. The Hall–Kier alpha value is -1.88. The second kappa shape index (κ2) is 6.58. The number of nitrogens with two attached hydrogens (primary N) is 1. The number of hydrogen-bond acceptors (Lipinski definition) is 3. The van der Waals surface area contributed by atoms with E-state index in [2.05, 4.69) is 10.6 Å². The van der Waals surface area contributed by atoms with Gasteiger partial charge < -0.3 is 16.4 Å². The van der Waals surface area contributed by atoms with Gasteiger partial charge >= 0.3 is 0 Å². The standard InChI is InChI=1S/C11H15N3O2/c12-8-10(15)13-6-7-14-11(16)9-4-2-1-3-5-9/h1-5H,6-8,12H2,(H,13,15)(H,14,16). The highest BCUT2D eigenvalue weighted by Crippen LogP contribution is 1.96. The number of amides is 2. The fourth-order valence-electron chi connectivity index (χ4n) is 1.14. The molecule has 0 unspecified atom stereocenters. The molecule has 5 nitrogen and oxygen atoms in total. The Morgan fingerprint density at radius 2 is 1.69 bits per heavy atom. The molecule has 0 aliphatic heterocycles. The van der Waals surface area contributed by atoms with Gasteiger partial charge in [0.05, 0.1) is 6.54 Å². The molecular weight excluding hydrogens is 206 g/mol. The molecule has 0 aliphatic carbocycles. The Balaban J connectivity index is 2.24. The third kappa shape index (κ3) is 4.10. The van der Waals surface area contributed by atoms with Gasteiger partial charge in [0.15, 0.2) is 0 Å². The van der Waals surface area contributed by atoms with Gasteiger partial charge in [0, 0.05) is 18.7 Å². The lowest BCUT2D eigenvalue weighted by atomic mass is 10.2. The van der Waals surface area contributed by atoms with Gasteiger partial charge in [-0.15, -0.1) is 0 Å². The first-order valence-corrected chi connectivity index (χ1v) is 5.04. The molecule has 1 aromatic rings. The first kappa shape index (κ1) is 12.2. The number of benzene rings is 1. The summed E-state index contributed by atoms with van der Waals surface area (Å²) in [6, 6.07) is 8.90. The summed E-state index contributed by atoms with van der Waals surface area (Å²) in [6.07, 6.45) is 0. The molecule has 16 heavy (non-hydrogen) atoms. The molecule has 1 rings (SSSR count). The summed E-state index contributed by atoms with van der Waals surface area (Å²) in [5, 5.41) is 5.24. The van der Waals surface area contributed by atoms with Crippen LogP contribution in [0.15, 0.2) is 30.3 Å². The predicted molar refractivity (Wildman–Crippen MR) is 60.8 cm³/mol. The topological polar surface area (TPSA) is 84.2 Å². The maximum atomic E-state index is 11.5. The summed E-state index contributed by atoms with van der Waals surface area (Å²) in [5.74, 6) is -0.378. The fraction of sp³-hybridized carbons (Fsp3) is 0.273. The Kier molecular flexibility index (Phi) is 5.01. The minimum absolute atomic E-state index is 0.0351. The van der Waals surface area contributed by atoms with E-state index in [4.69, 9.17) is 5.73 Å². The minimum Gasteiger partial charge on any atom is -0.353 e. The maximum Gasteiger partial charge on any atom is 0.251 e. The molecule has 0 heterocycles. The van der Waals surface area contributed by atoms with Gasteiger partial charge in [-0.3, -0.25) is 9.59 Å². The molecule has 0 saturated carbocycles. The van der Waals surface area contributed by atoms with Crippen LogP contribution in [0.5, 0.6) is 0 Å². The second-order valence-electron chi connectivity index (χ2n) is 3.18. The molecule has 0 bridgehead atoms. The fourth-order valence-corrected chi connectivity index (χ4v) is 1.14. The highest BCUT2D eigenvalue weighted by molar-refractivity contribution is 5.94. The van der Waals surface area contributed by atoms with Crippen molar-refractivity contribution in [1.82, 2.24) is 10.6 Å². The Labute approximate surface area is 94.0 Å². The number of nitrogens with one attached hydrogen (secondary N) is 2. The monoisotopic (exact) mass is 221 g/mol. The summed E-state index contributed by atoms with van der Waals surface area (Å²) in [5.41, 5.74) is 5.71. The number of carbonyl (C=O) groups excluding carboxylic acids is 2. The Morgan fingerprint density at radius 1 is 1.06 bits per heavy atom. The number of carbonyl (C=O) groups is 2. The summed E-state index contributed by atoms with van der Waals surface area (Å²) in [4.78, 5) is 22.3. The second-order valence-corrected chi connectivity index (χ2v) is 3.18. The molecule has 86 valence electrons. The molecule has 0 saturated heterocycles. The normalized spacial score (nSPS) is 9.56. The van der Waals surface area contributed by atoms with E-state index in [1.807, 2.05) is 6.07 Å². The molecule has 0 radical (unpaired) electrons. The van der Waals surface area contributed by atoms with E-state index >= 15 is 0 Å². The van der Waals surface area contributed by atoms with E-state index in [9.17, 15) is 9.59 Å². The van der Waals surface area contributed by atoms with E-state index < -0.39 is 0 Å². The molecule has 0 aromatic heterocycles. The zero-order valence-electron chi connectivity index (χ0n) is 8.90. The van der Waals surface area contributed by atoms with Gasteiger partial charge in [0.1, 0.15) is 0 Å². The van der Waals surface area contributed by atoms with Gasteiger partial charge in [-0.25, -0.2) is 0 Å². The molecule has 0 fully saturated rings. The SMILES string of the molecule is NCC(=O)NCCNC(=O)c1ccccc1. The molecule has 0 aliphatic rings. The van der Waals surface area contributed by atoms with Crippen LogP contribution in [0.4, 0.5) is 0 Å². The predicted octanol–water partition coefficient (Wildman–Crippen LogP) is -0.509. The van der Waals surface area contributed by atoms with Gasteiger partial charge in [-0.05, 0) is 12.1 Å². The minimum atomic E-state index is -0.228. The first-order valence-electron chi connectivity index (χ1n) is 5.04. The van der Waals surface area contributed by atoms with Crippen LogP contribution < -0.4 is 16.4 Å². The van der Waals surface area contributed by atoms with Crippen molar-refractivity contribution in [3.63, 3.8) is 0 Å². The van der Waals surface area contributed by atoms with Crippen molar-refractivity contribution < 1.29 is 9.59 Å². The van der Waals surface area contributed by atoms with E-state index in [0.717, 1.165) is 0 Å². The van der Waals surface area contributed by atoms with Crippen molar-refractivity contribution in [3.8, 4) is 0 Å². The molecule has 2 amide bonds. The highest BCUT2D eigenvalue weighted by atomic mass is 16.2. The van der Waals surface area contributed by atoms with E-state index in [-0.39, 0.29) is 18.4 Å². The summed E-state index contributed by atoms with van der Waals surface area (Å²) in [7, 11) is 0. The van der Waals surface area contributed by atoms with E-state index in [1.165, 1.54) is 0 Å². The van der Waals surface area contributed by atoms with Crippen LogP contribution in [0.1, 0.15) is 10.4 Å². The maximum absolute atomic E-state index is 11.5. The lowest BCUT2D eigenvalue weighted by Gasteiger charge is -2.05. The van der Waals surface area contributed by atoms with Crippen LogP contribution in [0, 0.1) is 0 Å². The molecular formula is C11H15N3O2. The summed E-state index contributed by atoms with van der Waals surface area (Å²) in [6.45, 7) is 0.737. The van der Waals surface area contributed by atoms with Crippen molar-refractivity contribution in [2.75, 3.05) is 19.6 Å². The van der Waals surface area contributed by atoms with E-state index in [1.54, 1.807) is 24.3 Å². The molecule has 1 aromatic carbocycles. The van der Waals surface area contributed by atoms with Gasteiger partial charge in [-0.2, -0.15) is 0 Å². The summed E-state index contributed by atoms with van der Waals surface area (Å²) < 4.78 is 0. The Morgan fingerprint density at radius 3 is 2.31 bits per heavy atom. The van der Waals surface area contributed by atoms with Gasteiger partial charge in [0.2, 0.25) is 5.91 Å². The van der Waals surface area contributed by atoms with Crippen LogP contribution in [0.3, 0.4) is 0 Å². The van der Waals surface area contributed by atoms with Crippen molar-refractivity contribution in [1.29, 1.82) is 0 Å². The smallest absolute Gasteiger partial charge is 0.251 e. The van der Waals surface area contributed by atoms with Crippen LogP contribution >= 0.6 is 0 Å². The average Bonchev–Trinajstić information content (AvgIpc) is 2.35.